The molecule has 1 aliphatic heterocycles. The summed E-state index contributed by atoms with van der Waals surface area (Å²) in [6, 6.07) is 4.66. The predicted molar refractivity (Wildman–Crippen MR) is 77.3 cm³/mol. The molecule has 1 aliphatic rings. The van der Waals surface area contributed by atoms with Crippen LogP contribution in [-0.4, -0.2) is 34.5 Å². The lowest BCUT2D eigenvalue weighted by molar-refractivity contribution is -0.143. The summed E-state index contributed by atoms with van der Waals surface area (Å²) in [6.45, 7) is 2.14. The first kappa shape index (κ1) is 15.1. The predicted octanol–water partition coefficient (Wildman–Crippen LogP) is 3.32. The molecule has 4 nitrogen and oxygen atoms in total. The SMILES string of the molecule is CC1CCC(C(=O)O)CN1C(=O)c1cc(Cl)cc(Cl)c1. The highest BCUT2D eigenvalue weighted by Crippen LogP contribution is 2.26. The Bertz CT molecular complexity index is 527. The molecule has 2 unspecified atom stereocenters. The van der Waals surface area contributed by atoms with E-state index in [4.69, 9.17) is 28.3 Å². The standard InChI is InChI=1S/C14H15Cl2NO3/c1-8-2-3-9(14(19)20)7-17(8)13(18)10-4-11(15)6-12(16)5-10/h4-6,8-9H,2-3,7H2,1H3,(H,19,20). The smallest absolute Gasteiger partial charge is 0.308 e. The highest BCUT2D eigenvalue weighted by atomic mass is 35.5. The molecule has 1 heterocycles. The van der Waals surface area contributed by atoms with E-state index >= 15 is 0 Å². The topological polar surface area (TPSA) is 57.6 Å². The minimum atomic E-state index is -0.862. The van der Waals surface area contributed by atoms with Gasteiger partial charge in [0.05, 0.1) is 5.92 Å². The number of aliphatic carboxylic acids is 1. The van der Waals surface area contributed by atoms with E-state index < -0.39 is 11.9 Å². The van der Waals surface area contributed by atoms with Crippen molar-refractivity contribution in [2.24, 2.45) is 5.92 Å². The number of benzene rings is 1. The number of amides is 1. The second kappa shape index (κ2) is 6.02. The van der Waals surface area contributed by atoms with Crippen LogP contribution in [0.25, 0.3) is 0 Å². The Morgan fingerprint density at radius 3 is 2.35 bits per heavy atom. The van der Waals surface area contributed by atoms with Crippen molar-refractivity contribution in [2.75, 3.05) is 6.54 Å². The maximum absolute atomic E-state index is 12.5. The van der Waals surface area contributed by atoms with Gasteiger partial charge in [0.25, 0.3) is 5.91 Å². The molecule has 0 aromatic heterocycles. The van der Waals surface area contributed by atoms with Gasteiger partial charge in [-0.25, -0.2) is 0 Å². The van der Waals surface area contributed by atoms with E-state index in [1.165, 1.54) is 0 Å². The first-order valence-corrected chi connectivity index (χ1v) is 7.14. The summed E-state index contributed by atoms with van der Waals surface area (Å²) in [5.74, 6) is -1.60. The zero-order valence-corrected chi connectivity index (χ0v) is 12.5. The number of hydrogen-bond donors (Lipinski definition) is 1. The van der Waals surface area contributed by atoms with Crippen molar-refractivity contribution in [3.05, 3.63) is 33.8 Å². The number of piperidine rings is 1. The second-order valence-electron chi connectivity index (χ2n) is 5.08. The van der Waals surface area contributed by atoms with E-state index in [0.717, 1.165) is 0 Å². The monoisotopic (exact) mass is 315 g/mol. The molecule has 1 saturated heterocycles. The fourth-order valence-electron chi connectivity index (χ4n) is 2.43. The number of carbonyl (C=O) groups excluding carboxylic acids is 1. The van der Waals surface area contributed by atoms with E-state index in [1.807, 2.05) is 6.92 Å². The van der Waals surface area contributed by atoms with Crippen molar-refractivity contribution < 1.29 is 14.7 Å². The highest BCUT2D eigenvalue weighted by molar-refractivity contribution is 6.35. The maximum Gasteiger partial charge on any atom is 0.308 e. The second-order valence-corrected chi connectivity index (χ2v) is 5.95. The number of nitrogens with zero attached hydrogens (tertiary/aromatic N) is 1. The van der Waals surface area contributed by atoms with Gasteiger partial charge in [-0.15, -0.1) is 0 Å². The molecule has 0 bridgehead atoms. The molecule has 1 N–H and O–H groups in total. The molecule has 1 amide bonds. The number of carbonyl (C=O) groups is 2. The largest absolute Gasteiger partial charge is 0.481 e. The Hall–Kier alpha value is -1.26. The normalized spacial score (nSPS) is 22.6. The molecule has 2 atom stereocenters. The van der Waals surface area contributed by atoms with E-state index in [2.05, 4.69) is 0 Å². The minimum absolute atomic E-state index is 0.0101. The molecule has 1 aromatic carbocycles. The van der Waals surface area contributed by atoms with Crippen molar-refractivity contribution in [2.45, 2.75) is 25.8 Å². The molecule has 20 heavy (non-hydrogen) atoms. The van der Waals surface area contributed by atoms with Gasteiger partial charge in [-0.2, -0.15) is 0 Å². The summed E-state index contributed by atoms with van der Waals surface area (Å²) >= 11 is 11.8. The summed E-state index contributed by atoms with van der Waals surface area (Å²) in [5.41, 5.74) is 0.389. The van der Waals surface area contributed by atoms with Crippen LogP contribution in [0, 0.1) is 5.92 Å². The summed E-state index contributed by atoms with van der Waals surface area (Å²) in [7, 11) is 0. The van der Waals surface area contributed by atoms with Gasteiger partial charge in [0.1, 0.15) is 0 Å². The van der Waals surface area contributed by atoms with Crippen LogP contribution in [0.5, 0.6) is 0 Å². The highest BCUT2D eigenvalue weighted by Gasteiger charge is 2.33. The number of carboxylic acids is 1. The van der Waals surface area contributed by atoms with E-state index in [-0.39, 0.29) is 18.5 Å². The molecule has 0 saturated carbocycles. The first-order chi connectivity index (χ1) is 9.38. The molecule has 1 fully saturated rings. The maximum atomic E-state index is 12.5. The summed E-state index contributed by atoms with van der Waals surface area (Å²) in [6.07, 6.45) is 1.27. The lowest BCUT2D eigenvalue weighted by Gasteiger charge is -2.36. The zero-order chi connectivity index (χ0) is 14.9. The number of rotatable bonds is 2. The van der Waals surface area contributed by atoms with Crippen LogP contribution in [0.2, 0.25) is 10.0 Å². The summed E-state index contributed by atoms with van der Waals surface area (Å²) in [5, 5.41) is 9.88. The van der Waals surface area contributed by atoms with Gasteiger partial charge in [0.15, 0.2) is 0 Å². The van der Waals surface area contributed by atoms with Crippen molar-refractivity contribution >= 4 is 35.1 Å². The van der Waals surface area contributed by atoms with Crippen molar-refractivity contribution in [3.8, 4) is 0 Å². The molecule has 6 heteroatoms. The van der Waals surface area contributed by atoms with E-state index in [1.54, 1.807) is 23.1 Å². The Kier molecular flexibility index (Phi) is 4.55. The molecule has 0 spiro atoms. The van der Waals surface area contributed by atoms with Crippen LogP contribution < -0.4 is 0 Å². The number of likely N-dealkylation sites (tertiary alicyclic amines) is 1. The van der Waals surface area contributed by atoms with Gasteiger partial charge in [0, 0.05) is 28.2 Å². The van der Waals surface area contributed by atoms with Crippen LogP contribution in [0.15, 0.2) is 18.2 Å². The van der Waals surface area contributed by atoms with E-state index in [0.29, 0.717) is 28.5 Å². The Morgan fingerprint density at radius 1 is 1.20 bits per heavy atom. The molecule has 1 aromatic rings. The molecular weight excluding hydrogens is 301 g/mol. The Balaban J connectivity index is 2.24. The van der Waals surface area contributed by atoms with Crippen molar-refractivity contribution in [3.63, 3.8) is 0 Å². The fraction of sp³-hybridized carbons (Fsp3) is 0.429. The average Bonchev–Trinajstić information content (AvgIpc) is 2.37. The Labute approximate surface area is 127 Å². The fourth-order valence-corrected chi connectivity index (χ4v) is 2.96. The molecular formula is C14H15Cl2NO3. The summed E-state index contributed by atoms with van der Waals surface area (Å²) in [4.78, 5) is 25.2. The third-order valence-electron chi connectivity index (χ3n) is 3.60. The van der Waals surface area contributed by atoms with Gasteiger partial charge in [-0.05, 0) is 38.0 Å². The van der Waals surface area contributed by atoms with Crippen LogP contribution in [0.4, 0.5) is 0 Å². The van der Waals surface area contributed by atoms with Gasteiger partial charge in [0.2, 0.25) is 0 Å². The van der Waals surface area contributed by atoms with Crippen molar-refractivity contribution in [1.82, 2.24) is 4.90 Å². The lowest BCUT2D eigenvalue weighted by Crippen LogP contribution is -2.47. The van der Waals surface area contributed by atoms with Gasteiger partial charge >= 0.3 is 5.97 Å². The van der Waals surface area contributed by atoms with Gasteiger partial charge in [-0.1, -0.05) is 23.2 Å². The minimum Gasteiger partial charge on any atom is -0.481 e. The third-order valence-corrected chi connectivity index (χ3v) is 4.04. The number of hydrogen-bond acceptors (Lipinski definition) is 2. The van der Waals surface area contributed by atoms with Crippen LogP contribution >= 0.6 is 23.2 Å². The summed E-state index contributed by atoms with van der Waals surface area (Å²) < 4.78 is 0. The molecule has 0 aliphatic carbocycles. The first-order valence-electron chi connectivity index (χ1n) is 6.38. The zero-order valence-electron chi connectivity index (χ0n) is 11.0. The van der Waals surface area contributed by atoms with Crippen molar-refractivity contribution in [1.29, 1.82) is 0 Å². The van der Waals surface area contributed by atoms with Gasteiger partial charge < -0.3 is 10.0 Å². The quantitative estimate of drug-likeness (QED) is 0.910. The van der Waals surface area contributed by atoms with Gasteiger partial charge in [-0.3, -0.25) is 9.59 Å². The number of halogens is 2. The van der Waals surface area contributed by atoms with Crippen LogP contribution in [-0.2, 0) is 4.79 Å². The molecule has 108 valence electrons. The Morgan fingerprint density at radius 2 is 1.80 bits per heavy atom. The third kappa shape index (κ3) is 3.25. The molecule has 0 radical (unpaired) electrons. The average molecular weight is 316 g/mol. The van der Waals surface area contributed by atoms with Crippen LogP contribution in [0.3, 0.4) is 0 Å². The molecule has 2 rings (SSSR count). The van der Waals surface area contributed by atoms with E-state index in [9.17, 15) is 9.59 Å². The lowest BCUT2D eigenvalue weighted by atomic mass is 9.93. The number of carboxylic acid groups (broad SMARTS) is 1. The van der Waals surface area contributed by atoms with Crippen LogP contribution in [0.1, 0.15) is 30.1 Å².